The van der Waals surface area contributed by atoms with Crippen molar-refractivity contribution in [1.82, 2.24) is 10.2 Å². The molecule has 0 radical (unpaired) electrons. The lowest BCUT2D eigenvalue weighted by Crippen LogP contribution is -2.03. The highest BCUT2D eigenvalue weighted by Gasteiger charge is 2.12. The zero-order valence-electron chi connectivity index (χ0n) is 12.5. The fourth-order valence-corrected chi connectivity index (χ4v) is 2.00. The van der Waals surface area contributed by atoms with Crippen LogP contribution in [0.25, 0.3) is 11.5 Å². The molecular formula is C16H12F3N3O2. The van der Waals surface area contributed by atoms with E-state index in [2.05, 4.69) is 15.5 Å². The number of nitrogens with one attached hydrogen (secondary N) is 1. The molecule has 0 bridgehead atoms. The van der Waals surface area contributed by atoms with E-state index in [4.69, 9.17) is 9.15 Å². The van der Waals surface area contributed by atoms with Crippen molar-refractivity contribution in [2.75, 3.05) is 12.4 Å². The average Bonchev–Trinajstić information content (AvgIpc) is 3.06. The van der Waals surface area contributed by atoms with Crippen molar-refractivity contribution < 1.29 is 22.3 Å². The van der Waals surface area contributed by atoms with Gasteiger partial charge in [0.05, 0.1) is 19.3 Å². The van der Waals surface area contributed by atoms with Crippen molar-refractivity contribution >= 4 is 5.69 Å². The van der Waals surface area contributed by atoms with Crippen LogP contribution in [-0.2, 0) is 6.54 Å². The molecule has 0 saturated carbocycles. The van der Waals surface area contributed by atoms with Crippen LogP contribution in [0.4, 0.5) is 18.9 Å². The number of aromatic nitrogens is 2. The van der Waals surface area contributed by atoms with Gasteiger partial charge in [0.2, 0.25) is 11.8 Å². The molecule has 0 spiro atoms. The number of halogens is 3. The lowest BCUT2D eigenvalue weighted by atomic mass is 10.2. The number of nitrogens with zero attached hydrogens (tertiary/aromatic N) is 2. The monoisotopic (exact) mass is 335 g/mol. The summed E-state index contributed by atoms with van der Waals surface area (Å²) in [4.78, 5) is 0. The molecule has 0 aliphatic heterocycles. The number of anilines is 1. The van der Waals surface area contributed by atoms with Gasteiger partial charge in [-0.05, 0) is 24.3 Å². The zero-order chi connectivity index (χ0) is 17.1. The molecular weight excluding hydrogens is 323 g/mol. The highest BCUT2D eigenvalue weighted by molar-refractivity contribution is 5.54. The molecule has 0 unspecified atom stereocenters. The average molecular weight is 335 g/mol. The second kappa shape index (κ2) is 6.61. The Bertz CT molecular complexity index is 850. The number of methoxy groups -OCH3 is 1. The fourth-order valence-electron chi connectivity index (χ4n) is 2.00. The van der Waals surface area contributed by atoms with Crippen molar-refractivity contribution in [3.05, 3.63) is 59.7 Å². The number of rotatable bonds is 5. The molecule has 8 heteroatoms. The molecule has 5 nitrogen and oxygen atoms in total. The second-order valence-electron chi connectivity index (χ2n) is 4.83. The third kappa shape index (κ3) is 3.32. The zero-order valence-corrected chi connectivity index (χ0v) is 12.5. The van der Waals surface area contributed by atoms with E-state index in [-0.39, 0.29) is 24.0 Å². The van der Waals surface area contributed by atoms with Gasteiger partial charge in [-0.1, -0.05) is 0 Å². The Morgan fingerprint density at radius 1 is 1.00 bits per heavy atom. The fraction of sp³-hybridized carbons (Fsp3) is 0.125. The van der Waals surface area contributed by atoms with E-state index >= 15 is 0 Å². The van der Waals surface area contributed by atoms with Gasteiger partial charge in [0.15, 0.2) is 11.6 Å². The van der Waals surface area contributed by atoms with Gasteiger partial charge < -0.3 is 14.5 Å². The Morgan fingerprint density at radius 3 is 2.42 bits per heavy atom. The smallest absolute Gasteiger partial charge is 0.247 e. The normalized spacial score (nSPS) is 10.7. The van der Waals surface area contributed by atoms with Gasteiger partial charge in [0.1, 0.15) is 11.6 Å². The lowest BCUT2D eigenvalue weighted by molar-refractivity contribution is 0.415. The van der Waals surface area contributed by atoms with Crippen LogP contribution in [0.1, 0.15) is 5.89 Å². The second-order valence-corrected chi connectivity index (χ2v) is 4.83. The summed E-state index contributed by atoms with van der Waals surface area (Å²) in [6.45, 7) is -0.0366. The molecule has 124 valence electrons. The van der Waals surface area contributed by atoms with Gasteiger partial charge in [0, 0.05) is 17.7 Å². The molecule has 0 fully saturated rings. The maximum Gasteiger partial charge on any atom is 0.247 e. The highest BCUT2D eigenvalue weighted by Crippen LogP contribution is 2.22. The molecule has 0 aliphatic carbocycles. The third-order valence-corrected chi connectivity index (χ3v) is 3.24. The van der Waals surface area contributed by atoms with Crippen LogP contribution in [0, 0.1) is 17.5 Å². The summed E-state index contributed by atoms with van der Waals surface area (Å²) in [7, 11) is 1.56. The van der Waals surface area contributed by atoms with Gasteiger partial charge >= 0.3 is 0 Å². The molecule has 1 N–H and O–H groups in total. The van der Waals surface area contributed by atoms with Gasteiger partial charge in [-0.15, -0.1) is 10.2 Å². The quantitative estimate of drug-likeness (QED) is 0.719. The Balaban J connectivity index is 1.71. The summed E-state index contributed by atoms with van der Waals surface area (Å²) in [5.74, 6) is -2.18. The van der Waals surface area contributed by atoms with Crippen molar-refractivity contribution in [3.8, 4) is 17.2 Å². The first-order valence-electron chi connectivity index (χ1n) is 6.92. The number of hydrogen-bond acceptors (Lipinski definition) is 5. The molecule has 1 heterocycles. The van der Waals surface area contributed by atoms with Crippen LogP contribution in [0.3, 0.4) is 0 Å². The molecule has 0 aliphatic rings. The van der Waals surface area contributed by atoms with Gasteiger partial charge in [-0.25, -0.2) is 13.2 Å². The SMILES string of the molecule is COc1ccc(-c2nnc(CNc3cc(F)c(F)cc3F)o2)cc1. The lowest BCUT2D eigenvalue weighted by Gasteiger charge is -2.05. The summed E-state index contributed by atoms with van der Waals surface area (Å²) >= 11 is 0. The van der Waals surface area contributed by atoms with Crippen molar-refractivity contribution in [1.29, 1.82) is 0 Å². The Morgan fingerprint density at radius 2 is 1.71 bits per heavy atom. The van der Waals surface area contributed by atoms with Crippen LogP contribution in [0.15, 0.2) is 40.8 Å². The van der Waals surface area contributed by atoms with Crippen molar-refractivity contribution in [2.45, 2.75) is 6.54 Å². The molecule has 24 heavy (non-hydrogen) atoms. The summed E-state index contributed by atoms with van der Waals surface area (Å²) < 4.78 is 50.0. The van der Waals surface area contributed by atoms with Gasteiger partial charge in [0.25, 0.3) is 0 Å². The minimum absolute atomic E-state index is 0.0366. The van der Waals surface area contributed by atoms with Crippen LogP contribution < -0.4 is 10.1 Å². The van der Waals surface area contributed by atoms with Crippen molar-refractivity contribution in [3.63, 3.8) is 0 Å². The summed E-state index contributed by atoms with van der Waals surface area (Å²) in [6, 6.07) is 8.18. The Labute approximate surface area is 135 Å². The van der Waals surface area contributed by atoms with E-state index in [0.29, 0.717) is 17.4 Å². The first-order chi connectivity index (χ1) is 11.6. The molecule has 3 aromatic rings. The third-order valence-electron chi connectivity index (χ3n) is 3.24. The summed E-state index contributed by atoms with van der Waals surface area (Å²) in [6.07, 6.45) is 0. The molecule has 0 amide bonds. The predicted octanol–water partition coefficient (Wildman–Crippen LogP) is 3.77. The van der Waals surface area contributed by atoms with E-state index in [1.165, 1.54) is 0 Å². The Kier molecular flexibility index (Phi) is 4.37. The summed E-state index contributed by atoms with van der Waals surface area (Å²) in [5.41, 5.74) is 0.492. The van der Waals surface area contributed by atoms with Crippen LogP contribution in [-0.4, -0.2) is 17.3 Å². The topological polar surface area (TPSA) is 60.2 Å². The van der Waals surface area contributed by atoms with E-state index in [9.17, 15) is 13.2 Å². The van der Waals surface area contributed by atoms with E-state index in [1.54, 1.807) is 31.4 Å². The maximum absolute atomic E-state index is 13.5. The first kappa shape index (κ1) is 15.9. The summed E-state index contributed by atoms with van der Waals surface area (Å²) in [5, 5.41) is 10.3. The maximum atomic E-state index is 13.5. The predicted molar refractivity (Wildman–Crippen MR) is 79.9 cm³/mol. The number of benzene rings is 2. The largest absolute Gasteiger partial charge is 0.497 e. The first-order valence-corrected chi connectivity index (χ1v) is 6.92. The Hall–Kier alpha value is -3.03. The number of ether oxygens (including phenoxy) is 1. The van der Waals surface area contributed by atoms with E-state index in [0.717, 1.165) is 6.07 Å². The van der Waals surface area contributed by atoms with Gasteiger partial charge in [-0.3, -0.25) is 0 Å². The standard InChI is InChI=1S/C16H12F3N3O2/c1-23-10-4-2-9(3-5-10)16-22-21-15(24-16)8-20-14-7-12(18)11(17)6-13(14)19/h2-7,20H,8H2,1H3. The van der Waals surface area contributed by atoms with Crippen LogP contribution in [0.5, 0.6) is 5.75 Å². The molecule has 0 saturated heterocycles. The van der Waals surface area contributed by atoms with Crippen molar-refractivity contribution in [2.24, 2.45) is 0 Å². The van der Waals surface area contributed by atoms with E-state index < -0.39 is 17.5 Å². The minimum atomic E-state index is -1.25. The molecule has 1 aromatic heterocycles. The minimum Gasteiger partial charge on any atom is -0.497 e. The highest BCUT2D eigenvalue weighted by atomic mass is 19.2. The molecule has 0 atom stereocenters. The van der Waals surface area contributed by atoms with Crippen LogP contribution in [0.2, 0.25) is 0 Å². The van der Waals surface area contributed by atoms with E-state index in [1.807, 2.05) is 0 Å². The van der Waals surface area contributed by atoms with Crippen LogP contribution >= 0.6 is 0 Å². The number of hydrogen-bond donors (Lipinski definition) is 1. The molecule has 2 aromatic carbocycles. The van der Waals surface area contributed by atoms with Gasteiger partial charge in [-0.2, -0.15) is 0 Å². The molecule has 3 rings (SSSR count).